The van der Waals surface area contributed by atoms with Crippen LogP contribution in [0.3, 0.4) is 0 Å². The summed E-state index contributed by atoms with van der Waals surface area (Å²) in [7, 11) is 0. The highest BCUT2D eigenvalue weighted by molar-refractivity contribution is 5.89. The smallest absolute Gasteiger partial charge is 0.338 e. The number of ether oxygens (including phenoxy) is 1. The number of nitrogens with one attached hydrogen (secondary N) is 2. The van der Waals surface area contributed by atoms with Crippen LogP contribution >= 0.6 is 0 Å². The number of aromatic amines is 2. The molecule has 0 atom stereocenters. The van der Waals surface area contributed by atoms with Crippen molar-refractivity contribution in [2.24, 2.45) is 0 Å². The van der Waals surface area contributed by atoms with E-state index in [0.717, 1.165) is 17.5 Å². The molecule has 0 amide bonds. The Morgan fingerprint density at radius 2 is 2.00 bits per heavy atom. The third-order valence-corrected chi connectivity index (χ3v) is 3.80. The van der Waals surface area contributed by atoms with E-state index in [9.17, 15) is 9.59 Å². The van der Waals surface area contributed by atoms with Gasteiger partial charge in [-0.25, -0.2) is 4.79 Å². The molecule has 0 saturated carbocycles. The zero-order valence-electron chi connectivity index (χ0n) is 13.3. The summed E-state index contributed by atoms with van der Waals surface area (Å²) < 4.78 is 4.96. The first kappa shape index (κ1) is 15.8. The van der Waals surface area contributed by atoms with Gasteiger partial charge in [0.1, 0.15) is 5.65 Å². The van der Waals surface area contributed by atoms with Gasteiger partial charge in [-0.2, -0.15) is 4.98 Å². The van der Waals surface area contributed by atoms with Crippen LogP contribution in [0.25, 0.3) is 11.0 Å². The van der Waals surface area contributed by atoms with E-state index in [0.29, 0.717) is 29.6 Å². The average Bonchev–Trinajstić information content (AvgIpc) is 2.96. The van der Waals surface area contributed by atoms with Gasteiger partial charge in [-0.1, -0.05) is 12.1 Å². The zero-order chi connectivity index (χ0) is 17.1. The van der Waals surface area contributed by atoms with Gasteiger partial charge in [0.15, 0.2) is 0 Å². The number of hydrogen-bond acceptors (Lipinski definition) is 5. The number of benzene rings is 1. The first-order valence-electron chi connectivity index (χ1n) is 7.70. The van der Waals surface area contributed by atoms with Crippen LogP contribution in [0, 0.1) is 0 Å². The lowest BCUT2D eigenvalue weighted by atomic mass is 10.0. The Morgan fingerprint density at radius 1 is 1.25 bits per heavy atom. The molecule has 0 spiro atoms. The van der Waals surface area contributed by atoms with Crippen LogP contribution < -0.4 is 11.3 Å². The van der Waals surface area contributed by atoms with Crippen molar-refractivity contribution < 1.29 is 9.53 Å². The molecule has 7 nitrogen and oxygen atoms in total. The number of hydrogen-bond donors (Lipinski definition) is 3. The van der Waals surface area contributed by atoms with Crippen molar-refractivity contribution in [1.82, 2.24) is 15.0 Å². The number of nitrogen functional groups attached to an aromatic ring is 1. The predicted octanol–water partition coefficient (Wildman–Crippen LogP) is 1.80. The van der Waals surface area contributed by atoms with E-state index >= 15 is 0 Å². The van der Waals surface area contributed by atoms with Gasteiger partial charge < -0.3 is 20.4 Å². The van der Waals surface area contributed by atoms with Gasteiger partial charge in [0.25, 0.3) is 5.56 Å². The standard InChI is InChI=1S/C17H18N4O3/c1-2-24-16(23)11-6-3-10(4-7-11)5-8-12-9-19-14-13(12)15(22)21-17(18)20-14/h3-4,6-7,9H,2,5,8H2,1H3,(H4,18,19,20,21,22). The second kappa shape index (κ2) is 6.57. The third-order valence-electron chi connectivity index (χ3n) is 3.80. The molecule has 2 heterocycles. The van der Waals surface area contributed by atoms with E-state index in [1.807, 2.05) is 12.1 Å². The van der Waals surface area contributed by atoms with Gasteiger partial charge in [0, 0.05) is 6.20 Å². The molecular weight excluding hydrogens is 308 g/mol. The fourth-order valence-electron chi connectivity index (χ4n) is 2.63. The summed E-state index contributed by atoms with van der Waals surface area (Å²) in [4.78, 5) is 33.2. The maximum Gasteiger partial charge on any atom is 0.338 e. The fraction of sp³-hybridized carbons (Fsp3) is 0.235. The lowest BCUT2D eigenvalue weighted by molar-refractivity contribution is 0.0526. The van der Waals surface area contributed by atoms with E-state index in [4.69, 9.17) is 10.5 Å². The Morgan fingerprint density at radius 3 is 2.71 bits per heavy atom. The Kier molecular flexibility index (Phi) is 4.33. The second-order valence-corrected chi connectivity index (χ2v) is 5.41. The summed E-state index contributed by atoms with van der Waals surface area (Å²) in [5.74, 6) is -0.230. The first-order chi connectivity index (χ1) is 11.6. The molecule has 0 bridgehead atoms. The number of carbonyl (C=O) groups excluding carboxylic acids is 1. The summed E-state index contributed by atoms with van der Waals surface area (Å²) in [5, 5.41) is 0.535. The maximum atomic E-state index is 12.0. The molecule has 0 saturated heterocycles. The molecule has 0 radical (unpaired) electrons. The molecule has 0 unspecified atom stereocenters. The van der Waals surface area contributed by atoms with Crippen molar-refractivity contribution in [3.8, 4) is 0 Å². The summed E-state index contributed by atoms with van der Waals surface area (Å²) in [6, 6.07) is 7.28. The van der Waals surface area contributed by atoms with Gasteiger partial charge in [-0.3, -0.25) is 4.79 Å². The molecular formula is C17H18N4O3. The fourth-order valence-corrected chi connectivity index (χ4v) is 2.63. The van der Waals surface area contributed by atoms with Crippen molar-refractivity contribution >= 4 is 23.0 Å². The highest BCUT2D eigenvalue weighted by Crippen LogP contribution is 2.16. The van der Waals surface area contributed by atoms with Gasteiger partial charge in [-0.15, -0.1) is 0 Å². The molecule has 7 heteroatoms. The number of aromatic nitrogens is 3. The van der Waals surface area contributed by atoms with Crippen LogP contribution in [0.2, 0.25) is 0 Å². The summed E-state index contributed by atoms with van der Waals surface area (Å²) >= 11 is 0. The highest BCUT2D eigenvalue weighted by Gasteiger charge is 2.10. The molecule has 124 valence electrons. The molecule has 3 rings (SSSR count). The number of anilines is 1. The molecule has 0 fully saturated rings. The number of esters is 1. The minimum absolute atomic E-state index is 0.0930. The van der Waals surface area contributed by atoms with E-state index < -0.39 is 0 Å². The van der Waals surface area contributed by atoms with Gasteiger partial charge >= 0.3 is 5.97 Å². The molecule has 0 aliphatic heterocycles. The molecule has 4 N–H and O–H groups in total. The monoisotopic (exact) mass is 326 g/mol. The van der Waals surface area contributed by atoms with Gasteiger partial charge in [0.2, 0.25) is 5.95 Å². The lowest BCUT2D eigenvalue weighted by Crippen LogP contribution is -2.11. The highest BCUT2D eigenvalue weighted by atomic mass is 16.5. The number of aryl methyl sites for hydroxylation is 2. The predicted molar refractivity (Wildman–Crippen MR) is 90.9 cm³/mol. The summed E-state index contributed by atoms with van der Waals surface area (Å²) in [6.45, 7) is 2.13. The van der Waals surface area contributed by atoms with Crippen molar-refractivity contribution in [2.75, 3.05) is 12.3 Å². The SMILES string of the molecule is CCOC(=O)c1ccc(CCc2c[nH]c3[nH]c(N)nc(=O)c23)cc1. The number of rotatable bonds is 5. The first-order valence-corrected chi connectivity index (χ1v) is 7.70. The lowest BCUT2D eigenvalue weighted by Gasteiger charge is -2.04. The second-order valence-electron chi connectivity index (χ2n) is 5.41. The Balaban J connectivity index is 1.74. The quantitative estimate of drug-likeness (QED) is 0.619. The number of nitrogens with two attached hydrogens (primary N) is 1. The van der Waals surface area contributed by atoms with Crippen molar-refractivity contribution in [2.45, 2.75) is 19.8 Å². The molecule has 1 aromatic carbocycles. The van der Waals surface area contributed by atoms with Crippen LogP contribution in [0.4, 0.5) is 5.95 Å². The minimum Gasteiger partial charge on any atom is -0.462 e. The van der Waals surface area contributed by atoms with Gasteiger partial charge in [-0.05, 0) is 43.0 Å². The van der Waals surface area contributed by atoms with Crippen LogP contribution in [-0.4, -0.2) is 27.5 Å². The van der Waals surface area contributed by atoms with E-state index in [1.165, 1.54) is 0 Å². The topological polar surface area (TPSA) is 114 Å². The zero-order valence-corrected chi connectivity index (χ0v) is 13.3. The minimum atomic E-state index is -0.338. The average molecular weight is 326 g/mol. The summed E-state index contributed by atoms with van der Waals surface area (Å²) in [5.41, 5.74) is 8.26. The van der Waals surface area contributed by atoms with Crippen LogP contribution in [0.15, 0.2) is 35.3 Å². The third kappa shape index (κ3) is 3.15. The summed E-state index contributed by atoms with van der Waals surface area (Å²) in [6.07, 6.45) is 3.20. The Hall–Kier alpha value is -3.09. The van der Waals surface area contributed by atoms with E-state index in [-0.39, 0.29) is 17.5 Å². The number of nitrogens with zero attached hydrogens (tertiary/aromatic N) is 1. The maximum absolute atomic E-state index is 12.0. The van der Waals surface area contributed by atoms with Crippen molar-refractivity contribution in [3.63, 3.8) is 0 Å². The largest absolute Gasteiger partial charge is 0.462 e. The molecule has 24 heavy (non-hydrogen) atoms. The van der Waals surface area contributed by atoms with Gasteiger partial charge in [0.05, 0.1) is 17.6 Å². The van der Waals surface area contributed by atoms with Crippen LogP contribution in [0.1, 0.15) is 28.4 Å². The normalized spacial score (nSPS) is 10.9. The molecule has 0 aliphatic carbocycles. The van der Waals surface area contributed by atoms with Crippen LogP contribution in [-0.2, 0) is 17.6 Å². The molecule has 2 aromatic heterocycles. The van der Waals surface area contributed by atoms with Crippen molar-refractivity contribution in [3.05, 3.63) is 57.5 Å². The Labute approximate surface area is 137 Å². The molecule has 0 aliphatic rings. The molecule has 3 aromatic rings. The van der Waals surface area contributed by atoms with Crippen LogP contribution in [0.5, 0.6) is 0 Å². The van der Waals surface area contributed by atoms with Crippen molar-refractivity contribution in [1.29, 1.82) is 0 Å². The van der Waals surface area contributed by atoms with E-state index in [2.05, 4.69) is 15.0 Å². The Bertz CT molecular complexity index is 925. The number of H-pyrrole nitrogens is 2. The number of fused-ring (bicyclic) bond motifs is 1. The van der Waals surface area contributed by atoms with E-state index in [1.54, 1.807) is 25.3 Å². The number of carbonyl (C=O) groups is 1.